The predicted octanol–water partition coefficient (Wildman–Crippen LogP) is 2.03. The molecule has 1 heterocycles. The fraction of sp³-hybridized carbons (Fsp3) is 0.468. The van der Waals surface area contributed by atoms with Gasteiger partial charge in [0.2, 0.25) is 29.5 Å². The molecule has 0 bridgehead atoms. The summed E-state index contributed by atoms with van der Waals surface area (Å²) in [4.78, 5) is 97.9. The van der Waals surface area contributed by atoms with Gasteiger partial charge in [-0.2, -0.15) is 0 Å². The second-order valence-electron chi connectivity index (χ2n) is 16.8. The number of urea groups is 1. The number of nitrogens with one attached hydrogen (secondary N) is 6. The highest BCUT2D eigenvalue weighted by Gasteiger charge is 2.37. The number of benzene rings is 3. The summed E-state index contributed by atoms with van der Waals surface area (Å²) in [6.45, 7) is 3.46. The van der Waals surface area contributed by atoms with Crippen molar-refractivity contribution in [3.8, 4) is 11.5 Å². The van der Waals surface area contributed by atoms with E-state index in [0.717, 1.165) is 11.1 Å². The normalized spacial score (nSPS) is 21.4. The molecule has 358 valence electrons. The zero-order valence-corrected chi connectivity index (χ0v) is 38.6. The van der Waals surface area contributed by atoms with E-state index in [1.54, 1.807) is 68.4 Å². The number of amides is 7. The van der Waals surface area contributed by atoms with Gasteiger partial charge in [0.1, 0.15) is 47.8 Å². The molecule has 0 radical (unpaired) electrons. The molecule has 7 amide bonds. The molecule has 1 aliphatic heterocycles. The van der Waals surface area contributed by atoms with Crippen molar-refractivity contribution in [3.05, 3.63) is 95.6 Å². The molecular formula is C47H63N7O11S. The van der Waals surface area contributed by atoms with Crippen molar-refractivity contribution >= 4 is 52.3 Å². The van der Waals surface area contributed by atoms with Crippen LogP contribution in [0.25, 0.3) is 0 Å². The molecule has 18 nitrogen and oxygen atoms in total. The number of carbonyl (C=O) groups excluding carboxylic acids is 6. The number of aliphatic carboxylic acids is 1. The number of aromatic hydroxyl groups is 2. The minimum Gasteiger partial charge on any atom is -0.508 e. The summed E-state index contributed by atoms with van der Waals surface area (Å²) in [5, 5.41) is 45.8. The van der Waals surface area contributed by atoms with Crippen molar-refractivity contribution in [2.45, 2.75) is 108 Å². The predicted molar refractivity (Wildman–Crippen MR) is 247 cm³/mol. The van der Waals surface area contributed by atoms with E-state index in [9.17, 15) is 53.1 Å². The third-order valence-electron chi connectivity index (χ3n) is 11.3. The second kappa shape index (κ2) is 25.8. The molecule has 9 N–H and O–H groups in total. The number of hydrogen-bond donors (Lipinski definition) is 9. The lowest BCUT2D eigenvalue weighted by Gasteiger charge is -2.33. The first-order valence-corrected chi connectivity index (χ1v) is 23.8. The van der Waals surface area contributed by atoms with Gasteiger partial charge in [-0.05, 0) is 98.2 Å². The molecule has 0 aromatic heterocycles. The SMILES string of the molecule is CC(C)[C@@H]1NC(=O)[C@@H](NC(=O)N[C@@H](Cc2ccccc2)C(=O)O)CCCCNC(=O)[C@@H](CC[S@](C)=O)NC(=O)[C@@H](CCc2ccc(O)cc2)N(C)C(=O)[C@@H](CCc2ccc(O)cc2)NC1=O. The van der Waals surface area contributed by atoms with Crippen LogP contribution in [-0.2, 0) is 58.8 Å². The Bertz CT molecular complexity index is 2140. The molecule has 3 aromatic rings. The number of hydrogen-bond acceptors (Lipinski definition) is 10. The van der Waals surface area contributed by atoms with Crippen molar-refractivity contribution in [1.82, 2.24) is 36.8 Å². The average Bonchev–Trinajstić information content (AvgIpc) is 3.28. The van der Waals surface area contributed by atoms with E-state index >= 15 is 0 Å². The van der Waals surface area contributed by atoms with Crippen molar-refractivity contribution in [2.75, 3.05) is 25.6 Å². The molecule has 1 aliphatic rings. The third kappa shape index (κ3) is 16.8. The first kappa shape index (κ1) is 52.1. The van der Waals surface area contributed by atoms with Crippen LogP contribution in [0.5, 0.6) is 11.5 Å². The minimum absolute atomic E-state index is 0.00775. The molecule has 0 unspecified atom stereocenters. The second-order valence-corrected chi connectivity index (χ2v) is 18.4. The number of phenolic OH excluding ortho intramolecular Hbond substituents is 2. The fourth-order valence-electron chi connectivity index (χ4n) is 7.45. The van der Waals surface area contributed by atoms with E-state index in [1.165, 1.54) is 42.5 Å². The van der Waals surface area contributed by atoms with Crippen LogP contribution in [0.1, 0.15) is 69.1 Å². The number of likely N-dealkylation sites (N-methyl/N-ethyl adjacent to an activating group) is 1. The average molecular weight is 934 g/mol. The lowest BCUT2D eigenvalue weighted by atomic mass is 9.98. The van der Waals surface area contributed by atoms with E-state index in [2.05, 4.69) is 31.9 Å². The topological polar surface area (TPSA) is 273 Å². The Kier molecular flexibility index (Phi) is 20.4. The van der Waals surface area contributed by atoms with Crippen molar-refractivity contribution in [1.29, 1.82) is 0 Å². The Hall–Kier alpha value is -6.50. The van der Waals surface area contributed by atoms with Gasteiger partial charge >= 0.3 is 12.0 Å². The lowest BCUT2D eigenvalue weighted by molar-refractivity contribution is -0.143. The summed E-state index contributed by atoms with van der Waals surface area (Å²) < 4.78 is 12.2. The van der Waals surface area contributed by atoms with E-state index in [-0.39, 0.29) is 75.2 Å². The Morgan fingerprint density at radius 3 is 1.91 bits per heavy atom. The summed E-state index contributed by atoms with van der Waals surface area (Å²) in [5.74, 6) is -5.06. The smallest absolute Gasteiger partial charge is 0.326 e. The summed E-state index contributed by atoms with van der Waals surface area (Å²) >= 11 is 0. The van der Waals surface area contributed by atoms with Gasteiger partial charge < -0.3 is 52.1 Å². The monoisotopic (exact) mass is 933 g/mol. The van der Waals surface area contributed by atoms with Crippen LogP contribution in [0.15, 0.2) is 78.9 Å². The van der Waals surface area contributed by atoms with E-state index in [0.29, 0.717) is 12.0 Å². The summed E-state index contributed by atoms with van der Waals surface area (Å²) in [6, 6.07) is 12.9. The highest BCUT2D eigenvalue weighted by atomic mass is 32.2. The Morgan fingerprint density at radius 2 is 1.33 bits per heavy atom. The molecule has 0 aliphatic carbocycles. The van der Waals surface area contributed by atoms with E-state index < -0.39 is 94.5 Å². The maximum atomic E-state index is 14.7. The summed E-state index contributed by atoms with van der Waals surface area (Å²) in [5.41, 5.74) is 2.13. The maximum absolute atomic E-state index is 14.7. The quantitative estimate of drug-likeness (QED) is 0.106. The van der Waals surface area contributed by atoms with Crippen LogP contribution >= 0.6 is 0 Å². The fourth-order valence-corrected chi connectivity index (χ4v) is 8.02. The maximum Gasteiger partial charge on any atom is 0.326 e. The summed E-state index contributed by atoms with van der Waals surface area (Å²) in [7, 11) is 0.0881. The van der Waals surface area contributed by atoms with Gasteiger partial charge in [0.15, 0.2) is 0 Å². The van der Waals surface area contributed by atoms with Gasteiger partial charge in [0.05, 0.1) is 0 Å². The zero-order chi connectivity index (χ0) is 48.3. The van der Waals surface area contributed by atoms with Gasteiger partial charge in [0, 0.05) is 42.8 Å². The third-order valence-corrected chi connectivity index (χ3v) is 12.1. The molecule has 4 rings (SSSR count). The molecule has 1 fully saturated rings. The first-order chi connectivity index (χ1) is 31.4. The summed E-state index contributed by atoms with van der Waals surface area (Å²) in [6.07, 6.45) is 2.62. The molecule has 0 spiro atoms. The first-order valence-electron chi connectivity index (χ1n) is 22.1. The van der Waals surface area contributed by atoms with Crippen molar-refractivity contribution < 1.29 is 53.1 Å². The molecule has 3 aromatic carbocycles. The molecule has 1 saturated heterocycles. The molecule has 66 heavy (non-hydrogen) atoms. The van der Waals surface area contributed by atoms with E-state index in [1.807, 2.05) is 0 Å². The highest BCUT2D eigenvalue weighted by molar-refractivity contribution is 7.84. The van der Waals surface area contributed by atoms with Gasteiger partial charge in [-0.25, -0.2) is 9.59 Å². The van der Waals surface area contributed by atoms with Crippen LogP contribution in [0.3, 0.4) is 0 Å². The Morgan fingerprint density at radius 1 is 0.742 bits per heavy atom. The van der Waals surface area contributed by atoms with Crippen LogP contribution in [-0.4, -0.2) is 128 Å². The number of carboxylic acids is 1. The van der Waals surface area contributed by atoms with Crippen LogP contribution in [0, 0.1) is 5.92 Å². The standard InChI is InChI=1S/C47H63N7O11S/c1-29(2)40-44(60)50-37(23-17-30-13-19-33(55)20-14-30)45(61)54(3)39(24-18-31-15-21-34(56)22-16-31)43(59)49-36(25-27-66(4)65)41(57)48-26-9-8-12-35(42(58)53-40)51-47(64)52-38(46(62)63)28-32-10-6-5-7-11-32/h5-7,10-11,13-16,19-22,29,35-40,55-56H,8-9,12,17-18,23-28H2,1-4H3,(H,48,57)(H,49,59)(H,50,60)(H,53,58)(H,62,63)(H2,51,52,64)/t35-,36+,37+,38-,39+,40-,66-/m0/s1. The van der Waals surface area contributed by atoms with Crippen LogP contribution in [0.4, 0.5) is 4.79 Å². The number of phenols is 2. The van der Waals surface area contributed by atoms with Crippen LogP contribution < -0.4 is 31.9 Å². The van der Waals surface area contributed by atoms with Crippen LogP contribution in [0.2, 0.25) is 0 Å². The molecule has 7 atom stereocenters. The Balaban J connectivity index is 1.69. The number of rotatable bonds is 15. The van der Waals surface area contributed by atoms with Gasteiger partial charge in [-0.3, -0.25) is 28.2 Å². The van der Waals surface area contributed by atoms with Gasteiger partial charge in [-0.15, -0.1) is 0 Å². The zero-order valence-electron chi connectivity index (χ0n) is 37.8. The number of carbonyl (C=O) groups is 7. The van der Waals surface area contributed by atoms with Gasteiger partial charge in [0.25, 0.3) is 0 Å². The van der Waals surface area contributed by atoms with Gasteiger partial charge in [-0.1, -0.05) is 68.4 Å². The highest BCUT2D eigenvalue weighted by Crippen LogP contribution is 2.18. The number of aryl methyl sites for hydroxylation is 2. The van der Waals surface area contributed by atoms with Crippen molar-refractivity contribution in [2.24, 2.45) is 5.92 Å². The van der Waals surface area contributed by atoms with E-state index in [4.69, 9.17) is 0 Å². The minimum atomic E-state index is -1.34. The number of nitrogens with zero attached hydrogens (tertiary/aromatic N) is 1. The molecule has 0 saturated carbocycles. The Labute approximate surface area is 387 Å². The lowest BCUT2D eigenvalue weighted by Crippen LogP contribution is -2.60. The molecule has 19 heteroatoms. The number of carboxylic acid groups (broad SMARTS) is 1. The molecular weight excluding hydrogens is 871 g/mol. The van der Waals surface area contributed by atoms with Crippen molar-refractivity contribution in [3.63, 3.8) is 0 Å². The largest absolute Gasteiger partial charge is 0.508 e.